The first-order valence-electron chi connectivity index (χ1n) is 15.7. The second-order valence-corrected chi connectivity index (χ2v) is 14.3. The predicted molar refractivity (Wildman–Crippen MR) is 169 cm³/mol. The summed E-state index contributed by atoms with van der Waals surface area (Å²) in [4.78, 5) is 43.2. The van der Waals surface area contributed by atoms with E-state index < -0.39 is 17.7 Å². The molecule has 0 N–H and O–H groups in total. The minimum Gasteiger partial charge on any atom is -0.444 e. The molecule has 1 aromatic carbocycles. The Kier molecular flexibility index (Phi) is 8.46. The molecule has 2 saturated heterocycles. The predicted octanol–water partition coefficient (Wildman–Crippen LogP) is 5.37. The van der Waals surface area contributed by atoms with Crippen LogP contribution >= 0.6 is 11.6 Å². The van der Waals surface area contributed by atoms with Crippen LogP contribution in [0.15, 0.2) is 55.2 Å². The van der Waals surface area contributed by atoms with Crippen LogP contribution in [0, 0.1) is 5.41 Å². The van der Waals surface area contributed by atoms with Gasteiger partial charge in [-0.1, -0.05) is 30.7 Å². The third kappa shape index (κ3) is 6.49. The van der Waals surface area contributed by atoms with Crippen molar-refractivity contribution in [1.29, 1.82) is 0 Å². The number of nitrogens with zero attached hydrogens (tertiary/aromatic N) is 6. The van der Waals surface area contributed by atoms with Crippen molar-refractivity contribution in [2.45, 2.75) is 77.6 Å². The Morgan fingerprint density at radius 3 is 2.68 bits per heavy atom. The number of hydrogen-bond acceptors (Lipinski definition) is 6. The number of pyridine rings is 1. The summed E-state index contributed by atoms with van der Waals surface area (Å²) in [6.45, 7) is 11.3. The summed E-state index contributed by atoms with van der Waals surface area (Å²) in [7, 11) is 0. The van der Waals surface area contributed by atoms with E-state index in [4.69, 9.17) is 21.3 Å². The summed E-state index contributed by atoms with van der Waals surface area (Å²) in [5, 5.41) is 0.716. The molecule has 0 saturated carbocycles. The van der Waals surface area contributed by atoms with Gasteiger partial charge in [0.15, 0.2) is 0 Å². The number of amides is 2. The Hall–Kier alpha value is -3.43. The van der Waals surface area contributed by atoms with Crippen LogP contribution in [0.4, 0.5) is 4.79 Å². The molecule has 3 atom stereocenters. The molecule has 1 unspecified atom stereocenters. The van der Waals surface area contributed by atoms with Gasteiger partial charge in [0.2, 0.25) is 5.91 Å². The molecule has 0 radical (unpaired) electrons. The van der Waals surface area contributed by atoms with Crippen molar-refractivity contribution in [2.75, 3.05) is 32.7 Å². The molecule has 6 rings (SSSR count). The van der Waals surface area contributed by atoms with E-state index in [1.807, 2.05) is 56.5 Å². The van der Waals surface area contributed by atoms with Gasteiger partial charge in [-0.15, -0.1) is 0 Å². The molecule has 2 aromatic heterocycles. The summed E-state index contributed by atoms with van der Waals surface area (Å²) in [5.74, 6) is -0.0247. The number of hydrogen-bond donors (Lipinski definition) is 0. The maximum absolute atomic E-state index is 14.6. The van der Waals surface area contributed by atoms with Crippen molar-refractivity contribution < 1.29 is 14.3 Å². The molecule has 3 aromatic rings. The Labute approximate surface area is 265 Å². The van der Waals surface area contributed by atoms with Crippen LogP contribution in [0.1, 0.15) is 69.0 Å². The van der Waals surface area contributed by atoms with Gasteiger partial charge in [0, 0.05) is 68.3 Å². The normalized spacial score (nSPS) is 24.3. The third-order valence-electron chi connectivity index (χ3n) is 9.15. The topological polar surface area (TPSA) is 83.8 Å². The maximum atomic E-state index is 14.6. The lowest BCUT2D eigenvalue weighted by molar-refractivity contribution is -0.143. The zero-order valence-electron chi connectivity index (χ0n) is 26.2. The van der Waals surface area contributed by atoms with Crippen LogP contribution in [0.5, 0.6) is 0 Å². The summed E-state index contributed by atoms with van der Waals surface area (Å²) in [6, 6.07) is 9.42. The maximum Gasteiger partial charge on any atom is 0.411 e. The van der Waals surface area contributed by atoms with Crippen LogP contribution < -0.4 is 0 Å². The molecular weight excluding hydrogens is 576 g/mol. The van der Waals surface area contributed by atoms with Crippen molar-refractivity contribution in [3.05, 3.63) is 82.7 Å². The molecule has 3 aliphatic rings. The average molecular weight is 619 g/mol. The fourth-order valence-corrected chi connectivity index (χ4v) is 7.40. The van der Waals surface area contributed by atoms with E-state index in [1.165, 1.54) is 11.1 Å². The number of fused-ring (bicyclic) bond motifs is 2. The van der Waals surface area contributed by atoms with E-state index >= 15 is 0 Å². The Bertz CT molecular complexity index is 1500. The van der Waals surface area contributed by atoms with Crippen molar-refractivity contribution >= 4 is 23.6 Å². The number of carbonyl (C=O) groups excluding carboxylic acids is 2. The number of benzene rings is 1. The largest absolute Gasteiger partial charge is 0.444 e. The number of rotatable bonds is 4. The van der Waals surface area contributed by atoms with Gasteiger partial charge in [-0.3, -0.25) is 19.6 Å². The molecule has 234 valence electrons. The SMILES string of the molecule is CC1(Cn2ccnc2)CCCN(C(=O)[C@H]2CN([C@H]3c4ccc(Cl)cc4CCc4cccnc43)CCN2C(=O)OC(C)(C)C)C1. The van der Waals surface area contributed by atoms with Crippen molar-refractivity contribution in [3.63, 3.8) is 0 Å². The van der Waals surface area contributed by atoms with E-state index in [2.05, 4.69) is 39.6 Å². The third-order valence-corrected chi connectivity index (χ3v) is 9.39. The molecule has 2 aliphatic heterocycles. The molecule has 0 bridgehead atoms. The summed E-state index contributed by atoms with van der Waals surface area (Å²) < 4.78 is 7.93. The van der Waals surface area contributed by atoms with Crippen LogP contribution in [-0.4, -0.2) is 85.6 Å². The van der Waals surface area contributed by atoms with E-state index in [-0.39, 0.29) is 17.4 Å². The molecular formula is C34H43ClN6O3. The Balaban J connectivity index is 1.33. The highest BCUT2D eigenvalue weighted by molar-refractivity contribution is 6.30. The quantitative estimate of drug-likeness (QED) is 0.391. The van der Waals surface area contributed by atoms with Gasteiger partial charge in [0.25, 0.3) is 0 Å². The highest BCUT2D eigenvalue weighted by Crippen LogP contribution is 2.39. The van der Waals surface area contributed by atoms with Gasteiger partial charge in [-0.05, 0) is 81.3 Å². The van der Waals surface area contributed by atoms with Gasteiger partial charge in [0.05, 0.1) is 18.1 Å². The first kappa shape index (κ1) is 30.6. The molecule has 2 fully saturated rings. The first-order valence-corrected chi connectivity index (χ1v) is 16.1. The van der Waals surface area contributed by atoms with Crippen molar-refractivity contribution in [2.24, 2.45) is 5.41 Å². The lowest BCUT2D eigenvalue weighted by Gasteiger charge is -2.47. The van der Waals surface area contributed by atoms with E-state index in [1.54, 1.807) is 11.1 Å². The number of likely N-dealkylation sites (tertiary alicyclic amines) is 1. The molecule has 9 nitrogen and oxygen atoms in total. The van der Waals surface area contributed by atoms with Crippen LogP contribution in [-0.2, 0) is 28.9 Å². The molecule has 2 amide bonds. The summed E-state index contributed by atoms with van der Waals surface area (Å²) in [5.41, 5.74) is 3.81. The fourth-order valence-electron chi connectivity index (χ4n) is 7.21. The van der Waals surface area contributed by atoms with Crippen molar-refractivity contribution in [3.8, 4) is 0 Å². The van der Waals surface area contributed by atoms with Gasteiger partial charge >= 0.3 is 6.09 Å². The zero-order chi connectivity index (χ0) is 31.1. The van der Waals surface area contributed by atoms with Gasteiger partial charge < -0.3 is 14.2 Å². The molecule has 1 aliphatic carbocycles. The molecule has 44 heavy (non-hydrogen) atoms. The minimum atomic E-state index is -0.680. The second-order valence-electron chi connectivity index (χ2n) is 13.9. The standard InChI is InChI=1S/C34H43ClN6O3/c1-33(2,3)44-32(43)41-18-17-39(30-27-11-10-26(35)19-25(27)9-8-24-7-5-13-37-29(24)30)20-28(41)31(42)40-15-6-12-34(4,22-40)21-38-16-14-36-23-38/h5,7,10-11,13-14,16,19,23,28,30H,6,8-9,12,15,17-18,20-22H2,1-4H3/t28-,30+,34?/m1/s1. The minimum absolute atomic E-state index is 0.0247. The second kappa shape index (κ2) is 12.2. The molecule has 10 heteroatoms. The average Bonchev–Trinajstić information content (AvgIpc) is 3.42. The van der Waals surface area contributed by atoms with Crippen LogP contribution in [0.3, 0.4) is 0 Å². The van der Waals surface area contributed by atoms with E-state index in [9.17, 15) is 9.59 Å². The van der Waals surface area contributed by atoms with Crippen LogP contribution in [0.2, 0.25) is 5.02 Å². The van der Waals surface area contributed by atoms with Crippen molar-refractivity contribution in [1.82, 2.24) is 29.2 Å². The first-order chi connectivity index (χ1) is 21.0. The number of halogens is 1. The monoisotopic (exact) mass is 618 g/mol. The number of aryl methyl sites for hydroxylation is 2. The fraction of sp³-hybridized carbons (Fsp3) is 0.529. The summed E-state index contributed by atoms with van der Waals surface area (Å²) in [6.07, 6.45) is 10.7. The lowest BCUT2D eigenvalue weighted by Crippen LogP contribution is -2.63. The number of ether oxygens (including phenoxy) is 1. The van der Waals surface area contributed by atoms with E-state index in [0.717, 1.165) is 43.5 Å². The highest BCUT2D eigenvalue weighted by Gasteiger charge is 2.44. The number of carbonyl (C=O) groups is 2. The van der Waals surface area contributed by atoms with Gasteiger partial charge in [0.1, 0.15) is 11.6 Å². The summed E-state index contributed by atoms with van der Waals surface area (Å²) >= 11 is 6.46. The smallest absolute Gasteiger partial charge is 0.411 e. The zero-order valence-corrected chi connectivity index (χ0v) is 27.0. The van der Waals surface area contributed by atoms with Gasteiger partial charge in [-0.2, -0.15) is 0 Å². The molecule has 0 spiro atoms. The van der Waals surface area contributed by atoms with Gasteiger partial charge in [-0.25, -0.2) is 9.78 Å². The molecule has 4 heterocycles. The number of piperidine rings is 1. The Morgan fingerprint density at radius 1 is 1.09 bits per heavy atom. The Morgan fingerprint density at radius 2 is 1.91 bits per heavy atom. The number of imidazole rings is 1. The number of aromatic nitrogens is 3. The number of piperazine rings is 1. The van der Waals surface area contributed by atoms with Crippen LogP contribution in [0.25, 0.3) is 0 Å². The lowest BCUT2D eigenvalue weighted by atomic mass is 9.81. The van der Waals surface area contributed by atoms with E-state index in [0.29, 0.717) is 37.7 Å². The highest BCUT2D eigenvalue weighted by atomic mass is 35.5.